The van der Waals surface area contributed by atoms with Crippen LogP contribution in [0.1, 0.15) is 36.6 Å². The molecule has 0 saturated carbocycles. The number of allylic oxidation sites excluding steroid dienone is 1. The second kappa shape index (κ2) is 13.8. The highest BCUT2D eigenvalue weighted by atomic mass is 35.5. The molecule has 1 atom stereocenters. The summed E-state index contributed by atoms with van der Waals surface area (Å²) in [6, 6.07) is 28.7. The molecule has 5 aromatic rings. The number of anilines is 1. The second-order valence-electron chi connectivity index (χ2n) is 10.5. The van der Waals surface area contributed by atoms with E-state index in [0.29, 0.717) is 54.4 Å². The Kier molecular flexibility index (Phi) is 9.40. The molecule has 0 spiro atoms. The number of carbonyl (C=O) groups is 1. The Morgan fingerprint density at radius 2 is 1.74 bits per heavy atom. The summed E-state index contributed by atoms with van der Waals surface area (Å²) >= 11 is 13.6. The predicted molar refractivity (Wildman–Crippen MR) is 184 cm³/mol. The summed E-state index contributed by atoms with van der Waals surface area (Å²) in [6.07, 6.45) is 1.81. The average Bonchev–Trinajstić information content (AvgIpc) is 3.34. The topological polar surface area (TPSA) is 81.9 Å². The van der Waals surface area contributed by atoms with Gasteiger partial charge in [-0.1, -0.05) is 83.1 Å². The van der Waals surface area contributed by atoms with Crippen LogP contribution in [0, 0.1) is 0 Å². The zero-order valence-electron chi connectivity index (χ0n) is 25.0. The lowest BCUT2D eigenvalue weighted by molar-refractivity contribution is -0.113. The first-order valence-corrected chi connectivity index (χ1v) is 16.2. The molecule has 1 amide bonds. The molecule has 2 heterocycles. The van der Waals surface area contributed by atoms with Crippen LogP contribution in [0.5, 0.6) is 11.5 Å². The number of benzene rings is 4. The summed E-state index contributed by atoms with van der Waals surface area (Å²) in [5.41, 5.74) is 3.68. The smallest absolute Gasteiger partial charge is 0.271 e. The van der Waals surface area contributed by atoms with Gasteiger partial charge in [0.25, 0.3) is 11.5 Å². The van der Waals surface area contributed by atoms with Gasteiger partial charge in [-0.2, -0.15) is 0 Å². The van der Waals surface area contributed by atoms with E-state index in [1.54, 1.807) is 23.6 Å². The Morgan fingerprint density at radius 3 is 2.48 bits per heavy atom. The number of halogens is 2. The van der Waals surface area contributed by atoms with Gasteiger partial charge in [-0.15, -0.1) is 0 Å². The van der Waals surface area contributed by atoms with Crippen LogP contribution < -0.4 is 29.7 Å². The van der Waals surface area contributed by atoms with E-state index in [2.05, 4.69) is 5.32 Å². The van der Waals surface area contributed by atoms with E-state index in [0.717, 1.165) is 16.7 Å². The Labute approximate surface area is 279 Å². The molecule has 46 heavy (non-hydrogen) atoms. The minimum Gasteiger partial charge on any atom is -0.494 e. The summed E-state index contributed by atoms with van der Waals surface area (Å²) in [5, 5.41) is 4.06. The molecular formula is C36H29Cl2N3O4S. The summed E-state index contributed by atoms with van der Waals surface area (Å²) in [7, 11) is 0. The number of hydrogen-bond acceptors (Lipinski definition) is 6. The Hall–Kier alpha value is -4.63. The van der Waals surface area contributed by atoms with Crippen molar-refractivity contribution in [1.82, 2.24) is 4.57 Å². The molecule has 10 heteroatoms. The van der Waals surface area contributed by atoms with Crippen LogP contribution in [0.3, 0.4) is 0 Å². The third-order valence-corrected chi connectivity index (χ3v) is 8.94. The molecule has 232 valence electrons. The van der Waals surface area contributed by atoms with Gasteiger partial charge in [0, 0.05) is 21.3 Å². The van der Waals surface area contributed by atoms with E-state index in [1.165, 1.54) is 11.3 Å². The highest BCUT2D eigenvalue weighted by Crippen LogP contribution is 2.32. The Bertz CT molecular complexity index is 2120. The maximum Gasteiger partial charge on any atom is 0.271 e. The van der Waals surface area contributed by atoms with Crippen molar-refractivity contribution in [2.75, 3.05) is 11.9 Å². The first-order chi connectivity index (χ1) is 22.3. The Morgan fingerprint density at radius 1 is 0.957 bits per heavy atom. The van der Waals surface area contributed by atoms with Crippen molar-refractivity contribution in [3.05, 3.63) is 155 Å². The molecule has 0 unspecified atom stereocenters. The van der Waals surface area contributed by atoms with Gasteiger partial charge in [-0.25, -0.2) is 4.99 Å². The number of nitrogens with zero attached hydrogens (tertiary/aromatic N) is 2. The summed E-state index contributed by atoms with van der Waals surface area (Å²) in [5.74, 6) is 0.997. The van der Waals surface area contributed by atoms with Crippen molar-refractivity contribution >= 4 is 52.2 Å². The number of fused-ring (bicyclic) bond motifs is 1. The molecule has 7 nitrogen and oxygen atoms in total. The molecule has 6 rings (SSSR count). The quantitative estimate of drug-likeness (QED) is 0.181. The lowest BCUT2D eigenvalue weighted by Gasteiger charge is -2.25. The number of amides is 1. The van der Waals surface area contributed by atoms with Crippen LogP contribution in [0.25, 0.3) is 6.08 Å². The molecule has 1 aromatic heterocycles. The number of rotatable bonds is 9. The maximum absolute atomic E-state index is 14.1. The van der Waals surface area contributed by atoms with Crippen molar-refractivity contribution in [2.24, 2.45) is 4.99 Å². The molecule has 0 saturated heterocycles. The van der Waals surface area contributed by atoms with Gasteiger partial charge < -0.3 is 14.8 Å². The first kappa shape index (κ1) is 31.4. The third-order valence-electron chi connectivity index (χ3n) is 7.37. The summed E-state index contributed by atoms with van der Waals surface area (Å²) in [6.45, 7) is 4.50. The fraction of sp³-hybridized carbons (Fsp3) is 0.139. The molecule has 0 fully saturated rings. The lowest BCUT2D eigenvalue weighted by Crippen LogP contribution is -2.40. The van der Waals surface area contributed by atoms with E-state index in [1.807, 2.05) is 97.9 Å². The van der Waals surface area contributed by atoms with Crippen LogP contribution >= 0.6 is 34.5 Å². The average molecular weight is 671 g/mol. The van der Waals surface area contributed by atoms with Crippen molar-refractivity contribution in [3.8, 4) is 11.5 Å². The van der Waals surface area contributed by atoms with Gasteiger partial charge >= 0.3 is 0 Å². The molecule has 0 radical (unpaired) electrons. The minimum absolute atomic E-state index is 0.251. The highest BCUT2D eigenvalue weighted by Gasteiger charge is 2.32. The highest BCUT2D eigenvalue weighted by molar-refractivity contribution is 7.07. The monoisotopic (exact) mass is 669 g/mol. The second-order valence-corrected chi connectivity index (χ2v) is 12.4. The van der Waals surface area contributed by atoms with Crippen LogP contribution in [0.4, 0.5) is 5.69 Å². The Balaban J connectivity index is 1.37. The van der Waals surface area contributed by atoms with Crippen molar-refractivity contribution < 1.29 is 14.3 Å². The van der Waals surface area contributed by atoms with E-state index >= 15 is 0 Å². The predicted octanol–water partition coefficient (Wildman–Crippen LogP) is 7.16. The molecule has 1 N–H and O–H groups in total. The van der Waals surface area contributed by atoms with Crippen LogP contribution in [-0.4, -0.2) is 17.1 Å². The molecule has 0 bridgehead atoms. The van der Waals surface area contributed by atoms with E-state index in [4.69, 9.17) is 37.7 Å². The fourth-order valence-electron chi connectivity index (χ4n) is 5.21. The molecule has 4 aromatic carbocycles. The zero-order valence-corrected chi connectivity index (χ0v) is 27.3. The number of thiazole rings is 1. The van der Waals surface area contributed by atoms with E-state index in [9.17, 15) is 9.59 Å². The molecule has 1 aliphatic heterocycles. The third kappa shape index (κ3) is 6.79. The van der Waals surface area contributed by atoms with Gasteiger partial charge in [0.05, 0.1) is 28.5 Å². The summed E-state index contributed by atoms with van der Waals surface area (Å²) < 4.78 is 13.7. The number of nitrogens with one attached hydrogen (secondary N) is 1. The summed E-state index contributed by atoms with van der Waals surface area (Å²) in [4.78, 5) is 33.1. The van der Waals surface area contributed by atoms with Gasteiger partial charge in [0.15, 0.2) is 4.80 Å². The van der Waals surface area contributed by atoms with E-state index < -0.39 is 6.04 Å². The number of para-hydroxylation sites is 1. The van der Waals surface area contributed by atoms with Crippen LogP contribution in [0.2, 0.25) is 10.0 Å². The first-order valence-electron chi connectivity index (χ1n) is 14.6. The van der Waals surface area contributed by atoms with Gasteiger partial charge in [0.1, 0.15) is 18.1 Å². The van der Waals surface area contributed by atoms with Crippen molar-refractivity contribution in [2.45, 2.75) is 26.5 Å². The fourth-order valence-corrected chi connectivity index (χ4v) is 6.72. The number of hydrogen-bond donors (Lipinski definition) is 1. The van der Waals surface area contributed by atoms with Gasteiger partial charge in [-0.05, 0) is 79.6 Å². The lowest BCUT2D eigenvalue weighted by atomic mass is 9.95. The number of carbonyl (C=O) groups excluding carboxylic acids is 1. The van der Waals surface area contributed by atoms with E-state index in [-0.39, 0.29) is 18.1 Å². The van der Waals surface area contributed by atoms with Crippen molar-refractivity contribution in [1.29, 1.82) is 0 Å². The van der Waals surface area contributed by atoms with Crippen LogP contribution in [-0.2, 0) is 11.4 Å². The zero-order chi connectivity index (χ0) is 32.2. The maximum atomic E-state index is 14.1. The molecule has 0 aliphatic carbocycles. The van der Waals surface area contributed by atoms with Crippen LogP contribution in [0.15, 0.2) is 118 Å². The van der Waals surface area contributed by atoms with Crippen molar-refractivity contribution in [3.63, 3.8) is 0 Å². The SMILES string of the molecule is CCOc1ccc([C@@H]2C(C(=O)Nc3ccccc3)=C(C)N=c3s/c(=C\c4cccc(OCc5ccc(Cl)cc5Cl)c4)c(=O)n32)cc1. The number of aromatic nitrogens is 1. The standard InChI is InChI=1S/C36H29Cl2N3O4S/c1-3-44-28-16-13-24(14-17-28)33-32(34(42)40-27-9-5-4-6-10-27)22(2)39-36-41(33)35(43)31(46-36)19-23-8-7-11-29(18-23)45-21-25-12-15-26(37)20-30(25)38/h4-20,33H,3,21H2,1-2H3,(H,40,42)/b31-19-/t33-/m1/s1. The largest absolute Gasteiger partial charge is 0.494 e. The number of ether oxygens (including phenoxy) is 2. The molecular weight excluding hydrogens is 641 g/mol. The van der Waals surface area contributed by atoms with Gasteiger partial charge in [0.2, 0.25) is 0 Å². The normalized spacial score (nSPS) is 14.4. The van der Waals surface area contributed by atoms with Gasteiger partial charge in [-0.3, -0.25) is 14.2 Å². The molecule has 1 aliphatic rings. The minimum atomic E-state index is -0.698.